The van der Waals surface area contributed by atoms with Gasteiger partial charge in [0.1, 0.15) is 5.75 Å². The summed E-state index contributed by atoms with van der Waals surface area (Å²) in [7, 11) is 0. The number of anilines is 1. The van der Waals surface area contributed by atoms with E-state index in [1.165, 1.54) is 6.07 Å². The predicted molar refractivity (Wildman–Crippen MR) is 93.3 cm³/mol. The summed E-state index contributed by atoms with van der Waals surface area (Å²) in [6.07, 6.45) is -1.61. The molecule has 148 valence electrons. The fraction of sp³-hybridized carbons (Fsp3) is 0.579. The Balaban J connectivity index is 1.65. The zero-order valence-corrected chi connectivity index (χ0v) is 15.1. The number of amides is 2. The standard InChI is InChI=1S/C19H23F3N2O3/c1-2-27-16-6-5-14(19(20,21)22)11-15(16)23-17(25)12-7-9-24(10-8-12)18(26)13-3-4-13/h5-6,11-13H,2-4,7-10H2,1H3,(H,23,25). The Kier molecular flexibility index (Phi) is 5.62. The van der Waals surface area contributed by atoms with Gasteiger partial charge in [-0.3, -0.25) is 9.59 Å². The van der Waals surface area contributed by atoms with Crippen LogP contribution in [-0.4, -0.2) is 36.4 Å². The van der Waals surface area contributed by atoms with Crippen LogP contribution in [0.25, 0.3) is 0 Å². The van der Waals surface area contributed by atoms with Crippen LogP contribution in [0.1, 0.15) is 38.2 Å². The van der Waals surface area contributed by atoms with Gasteiger partial charge >= 0.3 is 6.18 Å². The zero-order chi connectivity index (χ0) is 19.6. The van der Waals surface area contributed by atoms with Crippen LogP contribution in [-0.2, 0) is 15.8 Å². The molecule has 1 saturated carbocycles. The molecule has 3 rings (SSSR count). The number of nitrogens with one attached hydrogen (secondary N) is 1. The van der Waals surface area contributed by atoms with Crippen LogP contribution in [0.4, 0.5) is 18.9 Å². The molecule has 0 aromatic heterocycles. The molecule has 0 radical (unpaired) electrons. The van der Waals surface area contributed by atoms with E-state index in [4.69, 9.17) is 4.74 Å². The van der Waals surface area contributed by atoms with Gasteiger partial charge in [-0.2, -0.15) is 13.2 Å². The van der Waals surface area contributed by atoms with Gasteiger partial charge in [-0.15, -0.1) is 0 Å². The molecule has 1 heterocycles. The number of carbonyl (C=O) groups is 2. The Morgan fingerprint density at radius 2 is 1.81 bits per heavy atom. The van der Waals surface area contributed by atoms with E-state index in [1.807, 2.05) is 0 Å². The Labute approximate surface area is 155 Å². The molecule has 0 spiro atoms. The van der Waals surface area contributed by atoms with E-state index in [0.717, 1.165) is 25.0 Å². The Hall–Kier alpha value is -2.25. The molecule has 1 aliphatic heterocycles. The van der Waals surface area contributed by atoms with Crippen LogP contribution in [0, 0.1) is 11.8 Å². The van der Waals surface area contributed by atoms with Crippen molar-refractivity contribution in [3.05, 3.63) is 23.8 Å². The van der Waals surface area contributed by atoms with Gasteiger partial charge in [0.15, 0.2) is 0 Å². The third-order valence-electron chi connectivity index (χ3n) is 4.97. The first-order valence-corrected chi connectivity index (χ1v) is 9.23. The summed E-state index contributed by atoms with van der Waals surface area (Å²) in [5, 5.41) is 2.59. The van der Waals surface area contributed by atoms with Crippen molar-refractivity contribution in [3.63, 3.8) is 0 Å². The Bertz CT molecular complexity index is 709. The second kappa shape index (κ2) is 7.78. The first kappa shape index (κ1) is 19.5. The first-order chi connectivity index (χ1) is 12.8. The molecule has 27 heavy (non-hydrogen) atoms. The SMILES string of the molecule is CCOc1ccc(C(F)(F)F)cc1NC(=O)C1CCN(C(=O)C2CC2)CC1. The highest BCUT2D eigenvalue weighted by molar-refractivity contribution is 5.94. The van der Waals surface area contributed by atoms with Crippen LogP contribution < -0.4 is 10.1 Å². The van der Waals surface area contributed by atoms with Crippen LogP contribution in [0.3, 0.4) is 0 Å². The highest BCUT2D eigenvalue weighted by Crippen LogP contribution is 2.36. The average Bonchev–Trinajstić information content (AvgIpc) is 3.47. The van der Waals surface area contributed by atoms with Crippen molar-refractivity contribution in [2.24, 2.45) is 11.8 Å². The lowest BCUT2D eigenvalue weighted by Crippen LogP contribution is -2.42. The van der Waals surface area contributed by atoms with Gasteiger partial charge in [0.25, 0.3) is 0 Å². The summed E-state index contributed by atoms with van der Waals surface area (Å²) in [6, 6.07) is 3.05. The quantitative estimate of drug-likeness (QED) is 0.842. The molecule has 1 saturated heterocycles. The number of benzene rings is 1. The lowest BCUT2D eigenvalue weighted by atomic mass is 9.95. The second-order valence-electron chi connectivity index (χ2n) is 7.00. The van der Waals surface area contributed by atoms with E-state index >= 15 is 0 Å². The van der Waals surface area contributed by atoms with Crippen molar-refractivity contribution < 1.29 is 27.5 Å². The molecule has 1 aromatic rings. The molecule has 0 bridgehead atoms. The minimum Gasteiger partial charge on any atom is -0.492 e. The number of alkyl halides is 3. The lowest BCUT2D eigenvalue weighted by molar-refractivity contribution is -0.137. The molecule has 5 nitrogen and oxygen atoms in total. The number of rotatable bonds is 5. The molecule has 1 N–H and O–H groups in total. The van der Waals surface area contributed by atoms with Crippen molar-refractivity contribution in [2.45, 2.75) is 38.8 Å². The van der Waals surface area contributed by atoms with Gasteiger partial charge in [-0.25, -0.2) is 0 Å². The topological polar surface area (TPSA) is 58.6 Å². The van der Waals surface area contributed by atoms with Gasteiger partial charge in [-0.1, -0.05) is 0 Å². The molecular formula is C19H23F3N2O3. The summed E-state index contributed by atoms with van der Waals surface area (Å²) in [4.78, 5) is 26.4. The fourth-order valence-corrected chi connectivity index (χ4v) is 3.27. The predicted octanol–water partition coefficient (Wildman–Crippen LogP) is 3.69. The van der Waals surface area contributed by atoms with Crippen LogP contribution in [0.2, 0.25) is 0 Å². The molecule has 1 aromatic carbocycles. The van der Waals surface area contributed by atoms with E-state index in [0.29, 0.717) is 25.9 Å². The van der Waals surface area contributed by atoms with E-state index in [-0.39, 0.29) is 41.7 Å². The molecule has 8 heteroatoms. The van der Waals surface area contributed by atoms with E-state index in [2.05, 4.69) is 5.32 Å². The normalized spacial score (nSPS) is 18.3. The Morgan fingerprint density at radius 1 is 1.15 bits per heavy atom. The first-order valence-electron chi connectivity index (χ1n) is 9.23. The van der Waals surface area contributed by atoms with Crippen LogP contribution >= 0.6 is 0 Å². The number of likely N-dealkylation sites (tertiary alicyclic amines) is 1. The number of nitrogens with zero attached hydrogens (tertiary/aromatic N) is 1. The average molecular weight is 384 g/mol. The molecule has 2 amide bonds. The fourth-order valence-electron chi connectivity index (χ4n) is 3.27. The van der Waals surface area contributed by atoms with Gasteiger partial charge < -0.3 is 15.0 Å². The maximum atomic E-state index is 13.0. The van der Waals surface area contributed by atoms with Crippen LogP contribution in [0.5, 0.6) is 5.75 Å². The summed E-state index contributed by atoms with van der Waals surface area (Å²) in [5.74, 6) is -0.161. The summed E-state index contributed by atoms with van der Waals surface area (Å²) in [5.41, 5.74) is -0.820. The monoisotopic (exact) mass is 384 g/mol. The highest BCUT2D eigenvalue weighted by atomic mass is 19.4. The van der Waals surface area contributed by atoms with Gasteiger partial charge in [0.2, 0.25) is 11.8 Å². The molecule has 0 unspecified atom stereocenters. The van der Waals surface area contributed by atoms with Crippen molar-refractivity contribution in [1.82, 2.24) is 4.90 Å². The minimum atomic E-state index is -4.50. The van der Waals surface area contributed by atoms with Gasteiger partial charge in [0, 0.05) is 24.9 Å². The molecule has 2 fully saturated rings. The van der Waals surface area contributed by atoms with E-state index in [1.54, 1.807) is 11.8 Å². The maximum Gasteiger partial charge on any atom is 0.416 e. The van der Waals surface area contributed by atoms with Crippen molar-refractivity contribution in [1.29, 1.82) is 0 Å². The summed E-state index contributed by atoms with van der Waals surface area (Å²) in [6.45, 7) is 3.01. The number of ether oxygens (including phenoxy) is 1. The third-order valence-corrected chi connectivity index (χ3v) is 4.97. The third kappa shape index (κ3) is 4.73. The van der Waals surface area contributed by atoms with Crippen LogP contribution in [0.15, 0.2) is 18.2 Å². The smallest absolute Gasteiger partial charge is 0.416 e. The Morgan fingerprint density at radius 3 is 2.37 bits per heavy atom. The summed E-state index contributed by atoms with van der Waals surface area (Å²) < 4.78 is 44.3. The van der Waals surface area contributed by atoms with E-state index in [9.17, 15) is 22.8 Å². The van der Waals surface area contributed by atoms with Gasteiger partial charge in [-0.05, 0) is 50.8 Å². The van der Waals surface area contributed by atoms with Crippen molar-refractivity contribution in [2.75, 3.05) is 25.0 Å². The van der Waals surface area contributed by atoms with Crippen molar-refractivity contribution in [3.8, 4) is 5.75 Å². The van der Waals surface area contributed by atoms with Gasteiger partial charge in [0.05, 0.1) is 17.9 Å². The largest absolute Gasteiger partial charge is 0.492 e. The summed E-state index contributed by atoms with van der Waals surface area (Å²) >= 11 is 0. The molecule has 1 aliphatic carbocycles. The zero-order valence-electron chi connectivity index (χ0n) is 15.1. The van der Waals surface area contributed by atoms with E-state index < -0.39 is 11.7 Å². The number of piperidine rings is 1. The molecule has 0 atom stereocenters. The van der Waals surface area contributed by atoms with Crippen molar-refractivity contribution >= 4 is 17.5 Å². The lowest BCUT2D eigenvalue weighted by Gasteiger charge is -2.31. The number of halogens is 3. The second-order valence-corrected chi connectivity index (χ2v) is 7.00. The molecular weight excluding hydrogens is 361 g/mol. The molecule has 2 aliphatic rings. The minimum absolute atomic E-state index is 0.0214. The number of hydrogen-bond donors (Lipinski definition) is 1. The maximum absolute atomic E-state index is 13.0. The number of carbonyl (C=O) groups excluding carboxylic acids is 2. The highest BCUT2D eigenvalue weighted by Gasteiger charge is 2.36. The number of hydrogen-bond acceptors (Lipinski definition) is 3.